The fraction of sp³-hybridized carbons (Fsp3) is 0.278. The van der Waals surface area contributed by atoms with Gasteiger partial charge in [-0.3, -0.25) is 9.88 Å². The third kappa shape index (κ3) is 6.59. The molecule has 0 bridgehead atoms. The summed E-state index contributed by atoms with van der Waals surface area (Å²) >= 11 is 0. The summed E-state index contributed by atoms with van der Waals surface area (Å²) < 4.78 is 40.0. The van der Waals surface area contributed by atoms with Crippen molar-refractivity contribution in [2.45, 2.75) is 65.5 Å². The van der Waals surface area contributed by atoms with E-state index in [1.807, 2.05) is 84.9 Å². The predicted octanol–water partition coefficient (Wildman–Crippen LogP) is 8.12. The number of anilines is 1. The summed E-state index contributed by atoms with van der Waals surface area (Å²) in [5.74, 6) is 0.728. The molecule has 5 aromatic rings. The molecule has 45 heavy (non-hydrogen) atoms. The van der Waals surface area contributed by atoms with Gasteiger partial charge in [0.1, 0.15) is 11.4 Å². The lowest BCUT2D eigenvalue weighted by atomic mass is 10.0. The molecule has 2 aromatic heterocycles. The third-order valence-electron chi connectivity index (χ3n) is 7.61. The highest BCUT2D eigenvalue weighted by atomic mass is 32.2. The maximum atomic E-state index is 13.7. The van der Waals surface area contributed by atoms with Gasteiger partial charge < -0.3 is 9.47 Å². The average Bonchev–Trinajstić information content (AvgIpc) is 3.40. The van der Waals surface area contributed by atoms with Crippen LogP contribution in [0.25, 0.3) is 22.0 Å². The molecule has 0 aliphatic carbocycles. The van der Waals surface area contributed by atoms with E-state index in [4.69, 9.17) is 9.47 Å². The lowest BCUT2D eigenvalue weighted by Gasteiger charge is -2.28. The predicted molar refractivity (Wildman–Crippen MR) is 179 cm³/mol. The summed E-state index contributed by atoms with van der Waals surface area (Å²) in [5, 5.41) is 0.799. The minimum Gasteiger partial charge on any atom is -0.496 e. The monoisotopic (exact) mass is 625 g/mol. The number of aromatic nitrogens is 2. The first-order chi connectivity index (χ1) is 21.2. The molecule has 0 aliphatic heterocycles. The number of carbonyl (C=O) groups excluding carboxylic acids is 1. The minimum absolute atomic E-state index is 0.164. The zero-order valence-electron chi connectivity index (χ0n) is 27.0. The zero-order valence-corrected chi connectivity index (χ0v) is 27.8. The van der Waals surface area contributed by atoms with E-state index in [2.05, 4.69) is 4.98 Å². The van der Waals surface area contributed by atoms with E-state index in [9.17, 15) is 13.2 Å². The van der Waals surface area contributed by atoms with Gasteiger partial charge in [-0.25, -0.2) is 17.2 Å². The molecular formula is C36H39N3O5S. The van der Waals surface area contributed by atoms with Crippen LogP contribution in [0.15, 0.2) is 84.0 Å². The highest BCUT2D eigenvalue weighted by Gasteiger charge is 2.26. The van der Waals surface area contributed by atoms with Crippen molar-refractivity contribution in [3.05, 3.63) is 107 Å². The molecular weight excluding hydrogens is 586 g/mol. The van der Waals surface area contributed by atoms with Gasteiger partial charge in [-0.15, -0.1) is 0 Å². The molecule has 0 N–H and O–H groups in total. The van der Waals surface area contributed by atoms with Crippen molar-refractivity contribution in [3.8, 4) is 16.9 Å². The van der Waals surface area contributed by atoms with Crippen molar-refractivity contribution >= 4 is 32.7 Å². The summed E-state index contributed by atoms with van der Waals surface area (Å²) in [6, 6.07) is 20.2. The number of pyridine rings is 1. The van der Waals surface area contributed by atoms with Crippen molar-refractivity contribution in [1.82, 2.24) is 8.96 Å². The van der Waals surface area contributed by atoms with Crippen LogP contribution in [0.4, 0.5) is 10.5 Å². The molecule has 0 saturated carbocycles. The molecule has 0 spiro atoms. The van der Waals surface area contributed by atoms with E-state index in [1.54, 1.807) is 54.7 Å². The Kier molecular flexibility index (Phi) is 8.51. The number of rotatable bonds is 7. The van der Waals surface area contributed by atoms with Gasteiger partial charge >= 0.3 is 6.09 Å². The first kappa shape index (κ1) is 31.8. The van der Waals surface area contributed by atoms with Crippen LogP contribution in [-0.2, 0) is 21.3 Å². The molecule has 0 saturated heterocycles. The summed E-state index contributed by atoms with van der Waals surface area (Å²) in [7, 11) is -2.19. The van der Waals surface area contributed by atoms with Gasteiger partial charge in [-0.2, -0.15) is 0 Å². The normalized spacial score (nSPS) is 11.9. The fourth-order valence-electron chi connectivity index (χ4n) is 5.36. The molecule has 0 radical (unpaired) electrons. The number of benzene rings is 3. The van der Waals surface area contributed by atoms with Crippen LogP contribution in [0.1, 0.15) is 48.7 Å². The highest BCUT2D eigenvalue weighted by Crippen LogP contribution is 2.33. The summed E-state index contributed by atoms with van der Waals surface area (Å²) in [6.07, 6.45) is 2.82. The number of hydrogen-bond donors (Lipinski definition) is 0. The number of ether oxygens (including phenoxy) is 2. The molecule has 9 heteroatoms. The van der Waals surface area contributed by atoms with E-state index >= 15 is 0 Å². The Morgan fingerprint density at radius 3 is 2.27 bits per heavy atom. The molecule has 3 aromatic carbocycles. The van der Waals surface area contributed by atoms with Crippen molar-refractivity contribution in [3.63, 3.8) is 0 Å². The Hall–Kier alpha value is -4.63. The summed E-state index contributed by atoms with van der Waals surface area (Å²) in [4.78, 5) is 20.1. The Balaban J connectivity index is 1.60. The molecule has 8 nitrogen and oxygen atoms in total. The first-order valence-electron chi connectivity index (χ1n) is 14.7. The number of methoxy groups -OCH3 is 1. The van der Waals surface area contributed by atoms with Crippen molar-refractivity contribution in [2.24, 2.45) is 0 Å². The van der Waals surface area contributed by atoms with E-state index in [-0.39, 0.29) is 11.4 Å². The highest BCUT2D eigenvalue weighted by molar-refractivity contribution is 7.90. The topological polar surface area (TPSA) is 90.7 Å². The number of nitrogens with zero attached hydrogens (tertiary/aromatic N) is 3. The lowest BCUT2D eigenvalue weighted by Crippen LogP contribution is -2.37. The Morgan fingerprint density at radius 1 is 0.889 bits per heavy atom. The molecule has 234 valence electrons. The van der Waals surface area contributed by atoms with E-state index in [0.717, 1.165) is 44.5 Å². The average molecular weight is 626 g/mol. The van der Waals surface area contributed by atoms with Gasteiger partial charge in [0, 0.05) is 34.6 Å². The van der Waals surface area contributed by atoms with E-state index in [1.165, 1.54) is 3.97 Å². The zero-order chi connectivity index (χ0) is 32.7. The van der Waals surface area contributed by atoms with Gasteiger partial charge in [0.25, 0.3) is 10.0 Å². The molecule has 5 rings (SSSR count). The molecule has 0 unspecified atom stereocenters. The number of fused-ring (bicyclic) bond motifs is 1. The van der Waals surface area contributed by atoms with Crippen LogP contribution >= 0.6 is 0 Å². The Bertz CT molecular complexity index is 2010. The van der Waals surface area contributed by atoms with Crippen LogP contribution in [0, 0.1) is 27.7 Å². The van der Waals surface area contributed by atoms with Crippen LogP contribution in [0.5, 0.6) is 5.75 Å². The van der Waals surface area contributed by atoms with Gasteiger partial charge in [0.15, 0.2) is 0 Å². The first-order valence-corrected chi connectivity index (χ1v) is 16.2. The lowest BCUT2D eigenvalue weighted by molar-refractivity contribution is 0.0577. The minimum atomic E-state index is -3.81. The van der Waals surface area contributed by atoms with E-state index in [0.29, 0.717) is 16.9 Å². The fourth-order valence-corrected chi connectivity index (χ4v) is 6.71. The largest absolute Gasteiger partial charge is 0.496 e. The molecule has 0 atom stereocenters. The van der Waals surface area contributed by atoms with Crippen LogP contribution in [0.2, 0.25) is 0 Å². The second-order valence-corrected chi connectivity index (χ2v) is 14.2. The summed E-state index contributed by atoms with van der Waals surface area (Å²) in [5.41, 5.74) is 6.46. The van der Waals surface area contributed by atoms with Gasteiger partial charge in [-0.1, -0.05) is 35.9 Å². The number of carbonyl (C=O) groups is 1. The molecule has 2 heterocycles. The smallest absolute Gasteiger partial charge is 0.415 e. The van der Waals surface area contributed by atoms with Gasteiger partial charge in [-0.05, 0) is 102 Å². The maximum Gasteiger partial charge on any atom is 0.415 e. The number of amides is 1. The third-order valence-corrected chi connectivity index (χ3v) is 9.32. The van der Waals surface area contributed by atoms with Crippen LogP contribution in [0.3, 0.4) is 0 Å². The van der Waals surface area contributed by atoms with Crippen molar-refractivity contribution in [1.29, 1.82) is 0 Å². The second-order valence-electron chi connectivity index (χ2n) is 12.4. The van der Waals surface area contributed by atoms with Gasteiger partial charge in [0.05, 0.1) is 29.8 Å². The quantitative estimate of drug-likeness (QED) is 0.181. The second kappa shape index (κ2) is 12.0. The number of aryl methyl sites for hydroxylation is 3. The SMILES string of the molecule is COc1c(C)cnc(CN(C(=O)OC(C)(C)C)c2cc(C)cc(-c3ccc4ccn(S(=O)(=O)c5ccc(C)cc5)c4c3)c2)c1C. The van der Waals surface area contributed by atoms with Crippen LogP contribution in [-0.4, -0.2) is 36.2 Å². The van der Waals surface area contributed by atoms with Crippen molar-refractivity contribution in [2.75, 3.05) is 12.0 Å². The Morgan fingerprint density at radius 2 is 1.60 bits per heavy atom. The van der Waals surface area contributed by atoms with Crippen LogP contribution < -0.4 is 9.64 Å². The van der Waals surface area contributed by atoms with E-state index < -0.39 is 21.7 Å². The Labute approximate surface area is 265 Å². The maximum absolute atomic E-state index is 13.7. The molecule has 1 amide bonds. The number of hydrogen-bond acceptors (Lipinski definition) is 6. The van der Waals surface area contributed by atoms with Crippen molar-refractivity contribution < 1.29 is 22.7 Å². The van der Waals surface area contributed by atoms with Gasteiger partial charge in [0.2, 0.25) is 0 Å². The standard InChI is InChI=1S/C36H39N3O5S/c1-23-9-13-31(14-10-23)45(41,42)39-16-15-27-11-12-28(20-33(27)39)29-17-24(2)18-30(19-29)38(35(40)44-36(5,6)7)22-32-26(4)34(43-8)25(3)21-37-32/h9-21H,22H2,1-8H3. The molecule has 0 fully saturated rings. The molecule has 0 aliphatic rings. The summed E-state index contributed by atoms with van der Waals surface area (Å²) in [6.45, 7) is 13.4.